The maximum absolute atomic E-state index is 13.5. The molecule has 34 heavy (non-hydrogen) atoms. The van der Waals surface area contributed by atoms with E-state index in [0.717, 1.165) is 30.4 Å². The molecular weight excluding hydrogens is 433 g/mol. The zero-order valence-electron chi connectivity index (χ0n) is 20.2. The van der Waals surface area contributed by atoms with Crippen molar-refractivity contribution in [2.24, 2.45) is 5.92 Å². The minimum atomic E-state index is -0.312. The van der Waals surface area contributed by atoms with E-state index in [4.69, 9.17) is 4.74 Å². The van der Waals surface area contributed by atoms with Gasteiger partial charge in [0.05, 0.1) is 12.6 Å². The second kappa shape index (κ2) is 10.7. The zero-order chi connectivity index (χ0) is 24.2. The number of halogens is 1. The average Bonchev–Trinajstić information content (AvgIpc) is 3.37. The summed E-state index contributed by atoms with van der Waals surface area (Å²) in [6.07, 6.45) is 6.94. The Hall–Kier alpha value is -2.77. The van der Waals surface area contributed by atoms with Crippen LogP contribution in [0.3, 0.4) is 0 Å². The Bertz CT molecular complexity index is 1040. The lowest BCUT2D eigenvalue weighted by Crippen LogP contribution is -2.49. The number of pyridine rings is 1. The van der Waals surface area contributed by atoms with Gasteiger partial charge in [-0.2, -0.15) is 0 Å². The van der Waals surface area contributed by atoms with Gasteiger partial charge in [-0.15, -0.1) is 0 Å². The number of likely N-dealkylation sites (N-methyl/N-ethyl adjacent to an activating group) is 1. The molecule has 1 amide bonds. The number of ether oxygens (including phenoxy) is 1. The number of carbonyl (C=O) groups excluding carboxylic acids is 1. The van der Waals surface area contributed by atoms with Crippen molar-refractivity contribution in [3.05, 3.63) is 65.1 Å². The Morgan fingerprint density at radius 3 is 2.76 bits per heavy atom. The number of hydrogen-bond acceptors (Lipinski definition) is 5. The van der Waals surface area contributed by atoms with Gasteiger partial charge in [0.15, 0.2) is 0 Å². The van der Waals surface area contributed by atoms with E-state index >= 15 is 0 Å². The van der Waals surface area contributed by atoms with Crippen molar-refractivity contribution < 1.29 is 19.0 Å². The molecular formula is C27H34FN3O3. The normalized spacial score (nSPS) is 21.5. The first-order valence-electron chi connectivity index (χ1n) is 12.1. The molecule has 0 unspecified atom stereocenters. The van der Waals surface area contributed by atoms with Gasteiger partial charge in [-0.25, -0.2) is 9.37 Å². The summed E-state index contributed by atoms with van der Waals surface area (Å²) in [6.45, 7) is 5.55. The summed E-state index contributed by atoms with van der Waals surface area (Å²) in [5.74, 6) is -0.0500. The molecule has 2 heterocycles. The number of amides is 1. The van der Waals surface area contributed by atoms with E-state index in [1.54, 1.807) is 23.2 Å². The van der Waals surface area contributed by atoms with Gasteiger partial charge in [0.25, 0.3) is 5.91 Å². The number of carbonyl (C=O) groups is 1. The molecule has 0 radical (unpaired) electrons. The summed E-state index contributed by atoms with van der Waals surface area (Å²) in [5, 5.41) is 9.84. The molecule has 0 fully saturated rings. The maximum Gasteiger partial charge on any atom is 0.259 e. The van der Waals surface area contributed by atoms with Crippen LogP contribution in [0, 0.1) is 11.7 Å². The van der Waals surface area contributed by atoms with E-state index in [1.165, 1.54) is 17.7 Å². The van der Waals surface area contributed by atoms with E-state index in [0.29, 0.717) is 31.1 Å². The van der Waals surface area contributed by atoms with Crippen LogP contribution in [0.5, 0.6) is 5.88 Å². The van der Waals surface area contributed by atoms with Crippen molar-refractivity contribution in [1.82, 2.24) is 14.8 Å². The van der Waals surface area contributed by atoms with Crippen molar-refractivity contribution in [3.63, 3.8) is 0 Å². The van der Waals surface area contributed by atoms with Crippen LogP contribution >= 0.6 is 0 Å². The Balaban J connectivity index is 1.61. The van der Waals surface area contributed by atoms with E-state index in [-0.39, 0.29) is 36.4 Å². The molecule has 0 saturated carbocycles. The topological polar surface area (TPSA) is 65.9 Å². The highest BCUT2D eigenvalue weighted by Gasteiger charge is 2.34. The Labute approximate surface area is 201 Å². The molecule has 1 aliphatic heterocycles. The highest BCUT2D eigenvalue weighted by molar-refractivity contribution is 5.97. The molecule has 0 saturated heterocycles. The minimum absolute atomic E-state index is 0.0146. The van der Waals surface area contributed by atoms with Crippen LogP contribution in [-0.2, 0) is 6.54 Å². The van der Waals surface area contributed by atoms with Crippen LogP contribution in [0.2, 0.25) is 0 Å². The second-order valence-electron chi connectivity index (χ2n) is 9.64. The van der Waals surface area contributed by atoms with Crippen molar-refractivity contribution in [2.75, 3.05) is 26.7 Å². The first-order valence-corrected chi connectivity index (χ1v) is 12.1. The number of hydrogen-bond donors (Lipinski definition) is 1. The number of fused-ring (bicyclic) bond motifs is 1. The SMILES string of the molecule is C[C@@H]1CN([C@@H](C)CO)C(=O)c2cc(C3=CCCC3)cnc2O[C@@H]1CN(C)Cc1ccc(F)cc1. The first kappa shape index (κ1) is 24.4. The lowest BCUT2D eigenvalue weighted by molar-refractivity contribution is 0.0325. The summed E-state index contributed by atoms with van der Waals surface area (Å²) in [6, 6.07) is 8.09. The monoisotopic (exact) mass is 467 g/mol. The van der Waals surface area contributed by atoms with Crippen LogP contribution in [0.4, 0.5) is 4.39 Å². The van der Waals surface area contributed by atoms with Crippen LogP contribution in [-0.4, -0.2) is 64.7 Å². The zero-order valence-corrected chi connectivity index (χ0v) is 20.2. The number of aromatic nitrogens is 1. The summed E-state index contributed by atoms with van der Waals surface area (Å²) in [7, 11) is 2.00. The largest absolute Gasteiger partial charge is 0.472 e. The van der Waals surface area contributed by atoms with Crippen LogP contribution in [0.1, 0.15) is 54.6 Å². The summed E-state index contributed by atoms with van der Waals surface area (Å²) in [5.41, 5.74) is 3.64. The molecule has 4 rings (SSSR count). The van der Waals surface area contributed by atoms with Crippen LogP contribution in [0.25, 0.3) is 5.57 Å². The first-order chi connectivity index (χ1) is 16.4. The molecule has 6 nitrogen and oxygen atoms in total. The van der Waals surface area contributed by atoms with E-state index in [9.17, 15) is 14.3 Å². The number of benzene rings is 1. The third kappa shape index (κ3) is 5.47. The van der Waals surface area contributed by atoms with Gasteiger partial charge >= 0.3 is 0 Å². The number of aliphatic hydroxyl groups is 1. The molecule has 0 bridgehead atoms. The van der Waals surface area contributed by atoms with Gasteiger partial charge in [0, 0.05) is 31.7 Å². The standard InChI is InChI=1S/C27H34FN3O3/c1-18-14-31(19(2)17-32)27(33)24-12-22(21-6-4-5-7-21)13-29-26(24)34-25(18)16-30(3)15-20-8-10-23(28)11-9-20/h6,8-13,18-19,25,32H,4-5,7,14-17H2,1-3H3/t18-,19+,25-/m1/s1. The predicted molar refractivity (Wildman–Crippen MR) is 130 cm³/mol. The third-order valence-electron chi connectivity index (χ3n) is 6.79. The Morgan fingerprint density at radius 1 is 1.32 bits per heavy atom. The summed E-state index contributed by atoms with van der Waals surface area (Å²) in [4.78, 5) is 22.0. The van der Waals surface area contributed by atoms with Crippen molar-refractivity contribution >= 4 is 11.5 Å². The molecule has 182 valence electrons. The molecule has 0 spiro atoms. The van der Waals surface area contributed by atoms with E-state index in [1.807, 2.05) is 20.0 Å². The van der Waals surface area contributed by atoms with E-state index in [2.05, 4.69) is 22.9 Å². The van der Waals surface area contributed by atoms with Gasteiger partial charge in [-0.3, -0.25) is 9.69 Å². The predicted octanol–water partition coefficient (Wildman–Crippen LogP) is 4.14. The smallest absolute Gasteiger partial charge is 0.259 e. The van der Waals surface area contributed by atoms with Crippen molar-refractivity contribution in [3.8, 4) is 5.88 Å². The fourth-order valence-corrected chi connectivity index (χ4v) is 4.70. The Kier molecular flexibility index (Phi) is 7.63. The fourth-order valence-electron chi connectivity index (χ4n) is 4.70. The number of rotatable bonds is 7. The molecule has 1 aliphatic carbocycles. The number of aliphatic hydroxyl groups excluding tert-OH is 1. The van der Waals surface area contributed by atoms with Gasteiger partial charge in [-0.05, 0) is 68.1 Å². The maximum atomic E-state index is 13.5. The van der Waals surface area contributed by atoms with Gasteiger partial charge in [-0.1, -0.05) is 25.1 Å². The molecule has 1 aromatic carbocycles. The molecule has 2 aliphatic rings. The third-order valence-corrected chi connectivity index (χ3v) is 6.79. The van der Waals surface area contributed by atoms with Crippen molar-refractivity contribution in [1.29, 1.82) is 0 Å². The number of nitrogens with zero attached hydrogens (tertiary/aromatic N) is 3. The van der Waals surface area contributed by atoms with Gasteiger partial charge in [0.2, 0.25) is 5.88 Å². The summed E-state index contributed by atoms with van der Waals surface area (Å²) < 4.78 is 19.7. The fraction of sp³-hybridized carbons (Fsp3) is 0.481. The van der Waals surface area contributed by atoms with Crippen LogP contribution in [0.15, 0.2) is 42.6 Å². The highest BCUT2D eigenvalue weighted by Crippen LogP contribution is 2.32. The lowest BCUT2D eigenvalue weighted by atomic mass is 9.99. The average molecular weight is 468 g/mol. The minimum Gasteiger partial charge on any atom is -0.472 e. The van der Waals surface area contributed by atoms with Gasteiger partial charge in [0.1, 0.15) is 17.5 Å². The molecule has 7 heteroatoms. The molecule has 1 N–H and O–H groups in total. The van der Waals surface area contributed by atoms with Crippen LogP contribution < -0.4 is 4.74 Å². The second-order valence-corrected chi connectivity index (χ2v) is 9.64. The molecule has 2 aromatic rings. The van der Waals surface area contributed by atoms with Gasteiger partial charge < -0.3 is 14.7 Å². The molecule has 1 aromatic heterocycles. The summed E-state index contributed by atoms with van der Waals surface area (Å²) >= 11 is 0. The lowest BCUT2D eigenvalue weighted by Gasteiger charge is -2.37. The quantitative estimate of drug-likeness (QED) is 0.663. The Morgan fingerprint density at radius 2 is 2.09 bits per heavy atom. The van der Waals surface area contributed by atoms with E-state index < -0.39 is 0 Å². The highest BCUT2D eigenvalue weighted by atomic mass is 19.1. The van der Waals surface area contributed by atoms with Crippen molar-refractivity contribution in [2.45, 2.75) is 51.8 Å². The number of allylic oxidation sites excluding steroid dienone is 2. The molecule has 3 atom stereocenters.